The van der Waals surface area contributed by atoms with Gasteiger partial charge in [0, 0.05) is 18.1 Å². The molecule has 1 aliphatic rings. The zero-order valence-electron chi connectivity index (χ0n) is 17.7. The van der Waals surface area contributed by atoms with E-state index >= 15 is 0 Å². The maximum absolute atomic E-state index is 12.2. The van der Waals surface area contributed by atoms with Crippen LogP contribution in [0.15, 0.2) is 49.2 Å². The summed E-state index contributed by atoms with van der Waals surface area (Å²) in [6.07, 6.45) is 9.98. The van der Waals surface area contributed by atoms with Crippen molar-refractivity contribution in [1.29, 1.82) is 0 Å². The van der Waals surface area contributed by atoms with E-state index in [-0.39, 0.29) is 12.2 Å². The largest absolute Gasteiger partial charge is 0.447 e. The number of carbonyl (C=O) groups is 1. The van der Waals surface area contributed by atoms with Gasteiger partial charge in [-0.2, -0.15) is 0 Å². The topological polar surface area (TPSA) is 55.6 Å². The highest BCUT2D eigenvalue weighted by Crippen LogP contribution is 2.39. The van der Waals surface area contributed by atoms with Gasteiger partial charge in [-0.3, -0.25) is 0 Å². The van der Waals surface area contributed by atoms with Crippen LogP contribution in [0.2, 0.25) is 5.02 Å². The fourth-order valence-corrected chi connectivity index (χ4v) is 4.10. The molecule has 1 saturated heterocycles. The lowest BCUT2D eigenvalue weighted by molar-refractivity contribution is 0.0633. The third-order valence-electron chi connectivity index (χ3n) is 5.33. The first-order chi connectivity index (χ1) is 13.8. The van der Waals surface area contributed by atoms with E-state index < -0.39 is 0 Å². The molecule has 2 N–H and O–H groups in total. The van der Waals surface area contributed by atoms with Crippen molar-refractivity contribution < 1.29 is 9.53 Å². The molecule has 0 aromatic heterocycles. The van der Waals surface area contributed by atoms with Gasteiger partial charge in [-0.25, -0.2) is 4.79 Å². The molecule has 1 amide bonds. The molecular weight excluding hydrogens is 384 g/mol. The number of halogens is 1. The minimum Gasteiger partial charge on any atom is -0.447 e. The van der Waals surface area contributed by atoms with Crippen LogP contribution in [0.25, 0.3) is 5.57 Å². The SMILES string of the molecule is C=C(C)c1cc(Cl)ccc1C(C/C=C\C=C/N)C1CCN(C(=O)OC(C)C)CC1. The highest BCUT2D eigenvalue weighted by Gasteiger charge is 2.30. The van der Waals surface area contributed by atoms with Gasteiger partial charge in [0.25, 0.3) is 0 Å². The lowest BCUT2D eigenvalue weighted by atomic mass is 9.76. The molecule has 1 aliphatic heterocycles. The summed E-state index contributed by atoms with van der Waals surface area (Å²) >= 11 is 6.26. The summed E-state index contributed by atoms with van der Waals surface area (Å²) in [4.78, 5) is 14.0. The number of ether oxygens (including phenoxy) is 1. The van der Waals surface area contributed by atoms with E-state index in [1.54, 1.807) is 0 Å². The van der Waals surface area contributed by atoms with Crippen molar-refractivity contribution in [3.63, 3.8) is 0 Å². The van der Waals surface area contributed by atoms with Gasteiger partial charge in [-0.1, -0.05) is 42.0 Å². The third-order valence-corrected chi connectivity index (χ3v) is 5.56. The van der Waals surface area contributed by atoms with Gasteiger partial charge in [0.05, 0.1) is 6.10 Å². The van der Waals surface area contributed by atoms with E-state index in [2.05, 4.69) is 18.7 Å². The summed E-state index contributed by atoms with van der Waals surface area (Å²) < 4.78 is 5.36. The Morgan fingerprint density at radius 2 is 2.03 bits per heavy atom. The van der Waals surface area contributed by atoms with Gasteiger partial charge in [-0.15, -0.1) is 0 Å². The molecule has 158 valence electrons. The number of allylic oxidation sites excluding steroid dienone is 4. The predicted octanol–water partition coefficient (Wildman–Crippen LogP) is 6.13. The second kappa shape index (κ2) is 11.1. The van der Waals surface area contributed by atoms with Crippen LogP contribution in [0.4, 0.5) is 4.79 Å². The van der Waals surface area contributed by atoms with E-state index in [9.17, 15) is 4.79 Å². The zero-order valence-corrected chi connectivity index (χ0v) is 18.5. The van der Waals surface area contributed by atoms with Crippen molar-refractivity contribution in [2.75, 3.05) is 13.1 Å². The third kappa shape index (κ3) is 6.67. The van der Waals surface area contributed by atoms with Crippen molar-refractivity contribution in [3.05, 3.63) is 65.4 Å². The van der Waals surface area contributed by atoms with Gasteiger partial charge >= 0.3 is 6.09 Å². The van der Waals surface area contributed by atoms with Crippen molar-refractivity contribution in [3.8, 4) is 0 Å². The molecule has 0 radical (unpaired) electrons. The molecule has 1 fully saturated rings. The number of carbonyl (C=O) groups excluding carboxylic acids is 1. The fraction of sp³-hybridized carbons (Fsp3) is 0.458. The van der Waals surface area contributed by atoms with Crippen LogP contribution in [0.3, 0.4) is 0 Å². The number of nitrogens with zero attached hydrogens (tertiary/aromatic N) is 1. The highest BCUT2D eigenvalue weighted by atomic mass is 35.5. The van der Waals surface area contributed by atoms with E-state index in [1.807, 2.05) is 50.0 Å². The van der Waals surface area contributed by atoms with Crippen molar-refractivity contribution in [2.24, 2.45) is 11.7 Å². The smallest absolute Gasteiger partial charge is 0.410 e. The first-order valence-corrected chi connectivity index (χ1v) is 10.7. The summed E-state index contributed by atoms with van der Waals surface area (Å²) in [6.45, 7) is 11.4. The molecular formula is C24H33ClN2O2. The number of benzene rings is 1. The van der Waals surface area contributed by atoms with Gasteiger partial charge in [0.2, 0.25) is 0 Å². The molecule has 0 aliphatic carbocycles. The summed E-state index contributed by atoms with van der Waals surface area (Å²) in [5, 5.41) is 0.721. The standard InChI is InChI=1S/C24H33ClN2O2/c1-17(2)23-16-20(25)9-10-22(23)21(8-6-5-7-13-26)19-11-14-27(15-12-19)24(28)29-18(3)4/h5-7,9-10,13,16,18-19,21H,1,8,11-12,14-15,26H2,2-4H3/b6-5-,13-7-. The summed E-state index contributed by atoms with van der Waals surface area (Å²) in [5.41, 5.74) is 8.85. The number of nitrogens with two attached hydrogens (primary N) is 1. The van der Waals surface area contributed by atoms with E-state index in [0.29, 0.717) is 11.8 Å². The van der Waals surface area contributed by atoms with Gasteiger partial charge < -0.3 is 15.4 Å². The molecule has 1 aromatic carbocycles. The van der Waals surface area contributed by atoms with Crippen LogP contribution in [0, 0.1) is 5.92 Å². The fourth-order valence-electron chi connectivity index (χ4n) is 3.92. The van der Waals surface area contributed by atoms with Crippen LogP contribution in [-0.4, -0.2) is 30.2 Å². The van der Waals surface area contributed by atoms with Crippen molar-refractivity contribution in [2.45, 2.75) is 52.1 Å². The average Bonchev–Trinajstić information content (AvgIpc) is 2.68. The van der Waals surface area contributed by atoms with Crippen LogP contribution in [-0.2, 0) is 4.74 Å². The van der Waals surface area contributed by atoms with Crippen molar-refractivity contribution in [1.82, 2.24) is 4.90 Å². The molecule has 4 nitrogen and oxygen atoms in total. The summed E-state index contributed by atoms with van der Waals surface area (Å²) in [6, 6.07) is 6.09. The zero-order chi connectivity index (χ0) is 21.4. The van der Waals surface area contributed by atoms with Crippen LogP contribution in [0.1, 0.15) is 57.1 Å². The Morgan fingerprint density at radius 1 is 1.34 bits per heavy atom. The number of likely N-dealkylation sites (tertiary alicyclic amines) is 1. The molecule has 5 heteroatoms. The lowest BCUT2D eigenvalue weighted by Gasteiger charge is -2.36. The predicted molar refractivity (Wildman–Crippen MR) is 122 cm³/mol. The summed E-state index contributed by atoms with van der Waals surface area (Å²) in [7, 11) is 0. The van der Waals surface area contributed by atoms with Crippen LogP contribution < -0.4 is 5.73 Å². The normalized spacial score (nSPS) is 16.7. The molecule has 1 atom stereocenters. The Bertz CT molecular complexity index is 762. The van der Waals surface area contributed by atoms with Crippen molar-refractivity contribution >= 4 is 23.3 Å². The molecule has 0 spiro atoms. The summed E-state index contributed by atoms with van der Waals surface area (Å²) in [5.74, 6) is 0.786. The Balaban J connectivity index is 2.22. The van der Waals surface area contributed by atoms with E-state index in [0.717, 1.165) is 48.5 Å². The first-order valence-electron chi connectivity index (χ1n) is 10.3. The lowest BCUT2D eigenvalue weighted by Crippen LogP contribution is -2.40. The number of hydrogen-bond acceptors (Lipinski definition) is 3. The maximum Gasteiger partial charge on any atom is 0.410 e. The number of piperidine rings is 1. The second-order valence-electron chi connectivity index (χ2n) is 7.92. The number of rotatable bonds is 7. The first kappa shape index (κ1) is 23.1. The van der Waals surface area contributed by atoms with Gasteiger partial charge in [-0.05, 0) is 87.4 Å². The molecule has 29 heavy (non-hydrogen) atoms. The molecule has 1 heterocycles. The van der Waals surface area contributed by atoms with Gasteiger partial charge in [0.1, 0.15) is 0 Å². The number of amides is 1. The Morgan fingerprint density at radius 3 is 2.62 bits per heavy atom. The number of hydrogen-bond donors (Lipinski definition) is 1. The van der Waals surface area contributed by atoms with E-state index in [1.165, 1.54) is 11.8 Å². The second-order valence-corrected chi connectivity index (χ2v) is 8.36. The Kier molecular flexibility index (Phi) is 8.84. The Hall–Kier alpha value is -2.20. The molecule has 1 unspecified atom stereocenters. The highest BCUT2D eigenvalue weighted by molar-refractivity contribution is 6.30. The molecule has 0 bridgehead atoms. The monoisotopic (exact) mass is 416 g/mol. The minimum absolute atomic E-state index is 0.0964. The molecule has 0 saturated carbocycles. The molecule has 2 rings (SSSR count). The van der Waals surface area contributed by atoms with Gasteiger partial charge in [0.15, 0.2) is 0 Å². The Labute approximate surface area is 180 Å². The minimum atomic E-state index is -0.211. The van der Waals surface area contributed by atoms with Crippen LogP contribution >= 0.6 is 11.6 Å². The quantitative estimate of drug-likeness (QED) is 0.543. The van der Waals surface area contributed by atoms with Crippen LogP contribution in [0.5, 0.6) is 0 Å². The average molecular weight is 417 g/mol. The van der Waals surface area contributed by atoms with E-state index in [4.69, 9.17) is 22.1 Å². The molecule has 1 aromatic rings. The maximum atomic E-state index is 12.2.